The molecule has 170 valence electrons. The number of nitrogens with zero attached hydrogens (tertiary/aromatic N) is 3. The number of nitrogens with one attached hydrogen (secondary N) is 1. The van der Waals surface area contributed by atoms with E-state index in [0.717, 1.165) is 30.4 Å². The molecular weight excluding hydrogens is 419 g/mol. The fourth-order valence-corrected chi connectivity index (χ4v) is 4.12. The van der Waals surface area contributed by atoms with Crippen LogP contribution in [0.1, 0.15) is 58.3 Å². The Labute approximate surface area is 192 Å². The van der Waals surface area contributed by atoms with Gasteiger partial charge in [0, 0.05) is 19.3 Å². The summed E-state index contributed by atoms with van der Waals surface area (Å²) in [6, 6.07) is 15.5. The van der Waals surface area contributed by atoms with E-state index in [1.807, 2.05) is 35.2 Å². The molecule has 0 spiro atoms. The first kappa shape index (κ1) is 22.6. The number of aryl methyl sites for hydroxylation is 1. The van der Waals surface area contributed by atoms with E-state index in [9.17, 15) is 14.0 Å². The Bertz CT molecular complexity index is 1120. The van der Waals surface area contributed by atoms with Crippen LogP contribution in [-0.4, -0.2) is 33.2 Å². The van der Waals surface area contributed by atoms with Crippen molar-refractivity contribution in [1.29, 1.82) is 0 Å². The Morgan fingerprint density at radius 1 is 1.06 bits per heavy atom. The van der Waals surface area contributed by atoms with Gasteiger partial charge in [0.1, 0.15) is 5.82 Å². The molecule has 1 aliphatic heterocycles. The molecule has 2 heterocycles. The molecule has 1 saturated heterocycles. The monoisotopic (exact) mass is 446 g/mol. The Hall–Kier alpha value is -3.61. The van der Waals surface area contributed by atoms with Gasteiger partial charge in [-0.15, -0.1) is 0 Å². The normalized spacial score (nSPS) is 15.8. The van der Waals surface area contributed by atoms with Gasteiger partial charge in [0.25, 0.3) is 5.91 Å². The first-order chi connectivity index (χ1) is 16.0. The number of rotatable bonds is 6. The van der Waals surface area contributed by atoms with Crippen LogP contribution in [0.3, 0.4) is 0 Å². The first-order valence-electron chi connectivity index (χ1n) is 11.2. The van der Waals surface area contributed by atoms with Gasteiger partial charge in [0.2, 0.25) is 5.91 Å². The molecule has 0 aliphatic carbocycles. The van der Waals surface area contributed by atoms with E-state index in [2.05, 4.69) is 15.3 Å². The second-order valence-electron chi connectivity index (χ2n) is 8.30. The number of hydrogen-bond donors (Lipinski definition) is 1. The third-order valence-corrected chi connectivity index (χ3v) is 5.93. The highest BCUT2D eigenvalue weighted by molar-refractivity contribution is 5.94. The minimum atomic E-state index is -0.316. The summed E-state index contributed by atoms with van der Waals surface area (Å²) < 4.78 is 13.1. The van der Waals surface area contributed by atoms with Crippen LogP contribution in [-0.2, 0) is 17.8 Å². The van der Waals surface area contributed by atoms with Crippen molar-refractivity contribution in [2.75, 3.05) is 6.54 Å². The molecule has 0 bridgehead atoms. The predicted octanol–water partition coefficient (Wildman–Crippen LogP) is 4.15. The van der Waals surface area contributed by atoms with E-state index in [1.54, 1.807) is 19.1 Å². The minimum Gasteiger partial charge on any atom is -0.348 e. The van der Waals surface area contributed by atoms with Gasteiger partial charge in [-0.2, -0.15) is 0 Å². The number of likely N-dealkylation sites (tertiary alicyclic amines) is 1. The van der Waals surface area contributed by atoms with Crippen molar-refractivity contribution in [3.05, 3.63) is 94.8 Å². The fraction of sp³-hybridized carbons (Fsp3) is 0.308. The molecule has 1 aromatic heterocycles. The van der Waals surface area contributed by atoms with Gasteiger partial charge in [-0.05, 0) is 49.4 Å². The van der Waals surface area contributed by atoms with Crippen LogP contribution in [0.4, 0.5) is 4.39 Å². The molecule has 4 rings (SSSR count). The molecule has 1 fully saturated rings. The van der Waals surface area contributed by atoms with Crippen molar-refractivity contribution in [2.45, 2.75) is 45.2 Å². The second-order valence-corrected chi connectivity index (χ2v) is 8.30. The molecule has 1 N–H and O–H groups in total. The summed E-state index contributed by atoms with van der Waals surface area (Å²) in [6.45, 7) is 2.74. The molecule has 7 heteroatoms. The van der Waals surface area contributed by atoms with Crippen molar-refractivity contribution in [3.8, 4) is 0 Å². The summed E-state index contributed by atoms with van der Waals surface area (Å²) in [4.78, 5) is 36.6. The lowest BCUT2D eigenvalue weighted by Gasteiger charge is -2.35. The van der Waals surface area contributed by atoms with E-state index in [-0.39, 0.29) is 30.2 Å². The van der Waals surface area contributed by atoms with E-state index >= 15 is 0 Å². The number of piperidine rings is 1. The number of hydrogen-bond acceptors (Lipinski definition) is 4. The summed E-state index contributed by atoms with van der Waals surface area (Å²) in [7, 11) is 0. The molecule has 0 unspecified atom stereocenters. The first-order valence-corrected chi connectivity index (χ1v) is 11.2. The standard InChI is InChI=1S/C26H27FN4O2/c1-18-22(26(33)29-16-20-10-12-21(27)13-11-20)17-28-25(30-18)23-9-5-6-14-31(23)24(32)15-19-7-3-2-4-8-19/h2-4,7-8,10-13,17,23H,5-6,9,14-16H2,1H3,(H,29,33)/t23-/m1/s1. The summed E-state index contributed by atoms with van der Waals surface area (Å²) in [5.74, 6) is 0.0323. The molecule has 0 saturated carbocycles. The number of carbonyl (C=O) groups excluding carboxylic acids is 2. The van der Waals surface area contributed by atoms with E-state index in [0.29, 0.717) is 30.0 Å². The number of halogens is 1. The van der Waals surface area contributed by atoms with Gasteiger partial charge < -0.3 is 10.2 Å². The van der Waals surface area contributed by atoms with E-state index in [4.69, 9.17) is 0 Å². The molecule has 1 atom stereocenters. The van der Waals surface area contributed by atoms with E-state index in [1.165, 1.54) is 18.3 Å². The number of carbonyl (C=O) groups is 2. The lowest BCUT2D eigenvalue weighted by atomic mass is 9.99. The summed E-state index contributed by atoms with van der Waals surface area (Å²) >= 11 is 0. The van der Waals surface area contributed by atoms with Crippen LogP contribution in [0.25, 0.3) is 0 Å². The van der Waals surface area contributed by atoms with E-state index < -0.39 is 0 Å². The van der Waals surface area contributed by atoms with Gasteiger partial charge in [-0.3, -0.25) is 9.59 Å². The predicted molar refractivity (Wildman–Crippen MR) is 123 cm³/mol. The van der Waals surface area contributed by atoms with Crippen molar-refractivity contribution < 1.29 is 14.0 Å². The summed E-state index contributed by atoms with van der Waals surface area (Å²) in [6.07, 6.45) is 4.64. The van der Waals surface area contributed by atoms with Crippen molar-refractivity contribution >= 4 is 11.8 Å². The summed E-state index contributed by atoms with van der Waals surface area (Å²) in [5, 5.41) is 2.82. The zero-order valence-electron chi connectivity index (χ0n) is 18.6. The van der Waals surface area contributed by atoms with Gasteiger partial charge in [-0.25, -0.2) is 14.4 Å². The smallest absolute Gasteiger partial charge is 0.254 e. The Kier molecular flexibility index (Phi) is 7.07. The minimum absolute atomic E-state index is 0.0632. The molecule has 33 heavy (non-hydrogen) atoms. The van der Waals surface area contributed by atoms with Gasteiger partial charge in [0.15, 0.2) is 5.82 Å². The highest BCUT2D eigenvalue weighted by Crippen LogP contribution is 2.29. The zero-order chi connectivity index (χ0) is 23.2. The van der Waals surface area contributed by atoms with Gasteiger partial charge in [-0.1, -0.05) is 42.5 Å². The SMILES string of the molecule is Cc1nc([C@H]2CCCCN2C(=O)Cc2ccccc2)ncc1C(=O)NCc1ccc(F)cc1. The van der Waals surface area contributed by atoms with Crippen LogP contribution in [0, 0.1) is 12.7 Å². The Morgan fingerprint density at radius 2 is 1.82 bits per heavy atom. The zero-order valence-corrected chi connectivity index (χ0v) is 18.6. The topological polar surface area (TPSA) is 75.2 Å². The number of amides is 2. The van der Waals surface area contributed by atoms with Crippen LogP contribution < -0.4 is 5.32 Å². The maximum atomic E-state index is 13.1. The van der Waals surface area contributed by atoms with Crippen LogP contribution in [0.2, 0.25) is 0 Å². The molecule has 6 nitrogen and oxygen atoms in total. The number of aromatic nitrogens is 2. The molecule has 2 aromatic carbocycles. The number of benzene rings is 2. The molecule has 1 aliphatic rings. The van der Waals surface area contributed by atoms with Crippen LogP contribution in [0.15, 0.2) is 60.8 Å². The largest absolute Gasteiger partial charge is 0.348 e. The third kappa shape index (κ3) is 5.61. The highest BCUT2D eigenvalue weighted by Gasteiger charge is 2.30. The van der Waals surface area contributed by atoms with Crippen molar-refractivity contribution in [1.82, 2.24) is 20.2 Å². The molecule has 2 amide bonds. The quantitative estimate of drug-likeness (QED) is 0.617. The average molecular weight is 447 g/mol. The summed E-state index contributed by atoms with van der Waals surface area (Å²) in [5.41, 5.74) is 2.74. The highest BCUT2D eigenvalue weighted by atomic mass is 19.1. The Morgan fingerprint density at radius 3 is 2.55 bits per heavy atom. The maximum Gasteiger partial charge on any atom is 0.254 e. The molecule has 3 aromatic rings. The lowest BCUT2D eigenvalue weighted by molar-refractivity contribution is -0.134. The molecule has 0 radical (unpaired) electrons. The van der Waals surface area contributed by atoms with Gasteiger partial charge in [0.05, 0.1) is 23.7 Å². The van der Waals surface area contributed by atoms with Crippen molar-refractivity contribution in [3.63, 3.8) is 0 Å². The average Bonchev–Trinajstić information content (AvgIpc) is 2.84. The molecular formula is C26H27FN4O2. The fourth-order valence-electron chi connectivity index (χ4n) is 4.12. The maximum absolute atomic E-state index is 13.1. The van der Waals surface area contributed by atoms with Gasteiger partial charge >= 0.3 is 0 Å². The lowest BCUT2D eigenvalue weighted by Crippen LogP contribution is -2.40. The van der Waals surface area contributed by atoms with Crippen molar-refractivity contribution in [2.24, 2.45) is 0 Å². The van der Waals surface area contributed by atoms with Crippen LogP contribution >= 0.6 is 0 Å². The Balaban J connectivity index is 1.45. The third-order valence-electron chi connectivity index (χ3n) is 5.93. The second kappa shape index (κ2) is 10.3. The van der Waals surface area contributed by atoms with Crippen LogP contribution in [0.5, 0.6) is 0 Å².